The van der Waals surface area contributed by atoms with E-state index >= 15 is 0 Å². The zero-order chi connectivity index (χ0) is 17.9. The number of aromatic nitrogens is 3. The van der Waals surface area contributed by atoms with Gasteiger partial charge in [-0.15, -0.1) is 16.8 Å². The van der Waals surface area contributed by atoms with Gasteiger partial charge in [-0.25, -0.2) is 0 Å². The molecule has 1 aromatic carbocycles. The number of ether oxygens (including phenoxy) is 2. The summed E-state index contributed by atoms with van der Waals surface area (Å²) in [7, 11) is 0. The van der Waals surface area contributed by atoms with Gasteiger partial charge < -0.3 is 13.9 Å². The molecule has 0 spiro atoms. The lowest BCUT2D eigenvalue weighted by atomic mass is 10.2. The number of halogens is 1. The lowest BCUT2D eigenvalue weighted by molar-refractivity contribution is 0.171. The van der Waals surface area contributed by atoms with Crippen LogP contribution in [0.4, 0.5) is 0 Å². The molecule has 134 valence electrons. The maximum atomic E-state index is 5.67. The number of benzene rings is 1. The predicted octanol–water partition coefficient (Wildman–Crippen LogP) is 4.55. The van der Waals surface area contributed by atoms with Crippen LogP contribution < -0.4 is 9.47 Å². The summed E-state index contributed by atoms with van der Waals surface area (Å²) < 4.78 is 19.7. The number of hydrogen-bond acceptors (Lipinski definition) is 6. The highest BCUT2D eigenvalue weighted by Crippen LogP contribution is 2.38. The van der Waals surface area contributed by atoms with Gasteiger partial charge in [0.25, 0.3) is 0 Å². The summed E-state index contributed by atoms with van der Waals surface area (Å²) in [6, 6.07) is 7.66. The van der Waals surface area contributed by atoms with E-state index in [9.17, 15) is 0 Å². The van der Waals surface area contributed by atoms with Gasteiger partial charge in [0.15, 0.2) is 22.4 Å². The Labute approximate surface area is 163 Å². The molecule has 0 fully saturated rings. The van der Waals surface area contributed by atoms with E-state index in [2.05, 4.69) is 32.7 Å². The molecule has 0 amide bonds. The third-order valence-electron chi connectivity index (χ3n) is 3.84. The highest BCUT2D eigenvalue weighted by molar-refractivity contribution is 9.10. The van der Waals surface area contributed by atoms with Gasteiger partial charge in [0, 0.05) is 16.8 Å². The van der Waals surface area contributed by atoms with Crippen LogP contribution in [-0.4, -0.2) is 28.0 Å². The van der Waals surface area contributed by atoms with Crippen molar-refractivity contribution in [3.8, 4) is 23.1 Å². The molecular formula is C18H16BrN3O3S. The van der Waals surface area contributed by atoms with Crippen LogP contribution in [0.2, 0.25) is 0 Å². The topological polar surface area (TPSA) is 62.3 Å². The van der Waals surface area contributed by atoms with Gasteiger partial charge >= 0.3 is 0 Å². The van der Waals surface area contributed by atoms with E-state index in [1.807, 2.05) is 34.9 Å². The molecule has 2 aromatic heterocycles. The van der Waals surface area contributed by atoms with Gasteiger partial charge in [0.05, 0.1) is 6.26 Å². The minimum Gasteiger partial charge on any atom is -0.486 e. The lowest BCUT2D eigenvalue weighted by Gasteiger charge is -2.19. The Morgan fingerprint density at radius 1 is 1.23 bits per heavy atom. The monoisotopic (exact) mass is 433 g/mol. The number of hydrogen-bond donors (Lipinski definition) is 0. The van der Waals surface area contributed by atoms with Crippen LogP contribution in [0.15, 0.2) is 57.2 Å². The van der Waals surface area contributed by atoms with Gasteiger partial charge in [0.2, 0.25) is 5.82 Å². The Kier molecular flexibility index (Phi) is 5.03. The summed E-state index contributed by atoms with van der Waals surface area (Å²) in [4.78, 5) is 0. The van der Waals surface area contributed by atoms with E-state index in [0.717, 1.165) is 26.7 Å². The first-order chi connectivity index (χ1) is 12.8. The number of nitrogens with zero attached hydrogens (tertiary/aromatic N) is 3. The van der Waals surface area contributed by atoms with Crippen molar-refractivity contribution in [2.45, 2.75) is 17.5 Å². The zero-order valence-electron chi connectivity index (χ0n) is 13.9. The van der Waals surface area contributed by atoms with Crippen molar-refractivity contribution in [1.29, 1.82) is 0 Å². The second-order valence-corrected chi connectivity index (χ2v) is 7.36. The Balaban J connectivity index is 1.57. The van der Waals surface area contributed by atoms with Crippen molar-refractivity contribution in [2.75, 3.05) is 13.2 Å². The van der Waals surface area contributed by atoms with Gasteiger partial charge in [-0.05, 0) is 29.8 Å². The van der Waals surface area contributed by atoms with Crippen LogP contribution in [0.25, 0.3) is 11.6 Å². The van der Waals surface area contributed by atoms with E-state index in [4.69, 9.17) is 13.9 Å². The molecule has 0 radical (unpaired) electrons. The number of thioether (sulfide) groups is 1. The summed E-state index contributed by atoms with van der Waals surface area (Å²) in [5, 5.41) is 9.40. The SMILES string of the molecule is C=CCn1c(SCc2cc3c(cc2Br)OCCO3)nnc1-c1ccco1. The van der Waals surface area contributed by atoms with Crippen LogP contribution in [0.3, 0.4) is 0 Å². The Hall–Kier alpha value is -2.19. The normalized spacial score (nSPS) is 13.0. The molecule has 0 saturated heterocycles. The fourth-order valence-corrected chi connectivity index (χ4v) is 4.22. The Morgan fingerprint density at radius 2 is 2.04 bits per heavy atom. The summed E-state index contributed by atoms with van der Waals surface area (Å²) in [6.07, 6.45) is 3.45. The molecule has 3 heterocycles. The molecule has 0 atom stereocenters. The van der Waals surface area contributed by atoms with E-state index in [0.29, 0.717) is 37.1 Å². The predicted molar refractivity (Wildman–Crippen MR) is 103 cm³/mol. The molecule has 26 heavy (non-hydrogen) atoms. The summed E-state index contributed by atoms with van der Waals surface area (Å²) >= 11 is 5.21. The minimum atomic E-state index is 0.571. The molecule has 1 aliphatic heterocycles. The van der Waals surface area contributed by atoms with Crippen molar-refractivity contribution in [2.24, 2.45) is 0 Å². The number of allylic oxidation sites excluding steroid dienone is 1. The molecule has 6 nitrogen and oxygen atoms in total. The van der Waals surface area contributed by atoms with Crippen LogP contribution >= 0.6 is 27.7 Å². The van der Waals surface area contributed by atoms with Crippen molar-refractivity contribution in [3.63, 3.8) is 0 Å². The van der Waals surface area contributed by atoms with E-state index in [-0.39, 0.29) is 0 Å². The van der Waals surface area contributed by atoms with Gasteiger partial charge in [-0.2, -0.15) is 0 Å². The highest BCUT2D eigenvalue weighted by Gasteiger charge is 2.18. The Morgan fingerprint density at radius 3 is 2.77 bits per heavy atom. The molecule has 8 heteroatoms. The molecule has 1 aliphatic rings. The van der Waals surface area contributed by atoms with E-state index in [1.165, 1.54) is 0 Å². The van der Waals surface area contributed by atoms with E-state index < -0.39 is 0 Å². The van der Waals surface area contributed by atoms with Crippen LogP contribution in [0.1, 0.15) is 5.56 Å². The molecule has 4 rings (SSSR count). The molecule has 0 unspecified atom stereocenters. The summed E-state index contributed by atoms with van der Waals surface area (Å²) in [5.41, 5.74) is 1.10. The Bertz CT molecular complexity index is 924. The first kappa shape index (κ1) is 17.2. The number of fused-ring (bicyclic) bond motifs is 1. The maximum absolute atomic E-state index is 5.67. The van der Waals surface area contributed by atoms with Gasteiger partial charge in [-0.1, -0.05) is 33.8 Å². The number of furan rings is 1. The van der Waals surface area contributed by atoms with Crippen LogP contribution in [-0.2, 0) is 12.3 Å². The average molecular weight is 434 g/mol. The quantitative estimate of drug-likeness (QED) is 0.419. The van der Waals surface area contributed by atoms with Crippen molar-refractivity contribution in [1.82, 2.24) is 14.8 Å². The fourth-order valence-electron chi connectivity index (χ4n) is 2.64. The van der Waals surface area contributed by atoms with Crippen molar-refractivity contribution in [3.05, 3.63) is 53.2 Å². The largest absolute Gasteiger partial charge is 0.486 e. The van der Waals surface area contributed by atoms with Gasteiger partial charge in [0.1, 0.15) is 13.2 Å². The first-order valence-corrected chi connectivity index (χ1v) is 9.83. The fraction of sp³-hybridized carbons (Fsp3) is 0.222. The van der Waals surface area contributed by atoms with Crippen LogP contribution in [0, 0.1) is 0 Å². The summed E-state index contributed by atoms with van der Waals surface area (Å²) in [5.74, 6) is 3.64. The second kappa shape index (κ2) is 7.59. The molecular weight excluding hydrogens is 418 g/mol. The molecule has 0 bridgehead atoms. The van der Waals surface area contributed by atoms with Crippen molar-refractivity contribution >= 4 is 27.7 Å². The maximum Gasteiger partial charge on any atom is 0.200 e. The smallest absolute Gasteiger partial charge is 0.200 e. The second-order valence-electron chi connectivity index (χ2n) is 5.56. The van der Waals surface area contributed by atoms with Crippen molar-refractivity contribution < 1.29 is 13.9 Å². The zero-order valence-corrected chi connectivity index (χ0v) is 16.3. The average Bonchev–Trinajstić information content (AvgIpc) is 3.30. The highest BCUT2D eigenvalue weighted by atomic mass is 79.9. The van der Waals surface area contributed by atoms with E-state index in [1.54, 1.807) is 18.0 Å². The number of rotatable bonds is 6. The van der Waals surface area contributed by atoms with Gasteiger partial charge in [-0.3, -0.25) is 4.57 Å². The third kappa shape index (κ3) is 3.39. The molecule has 3 aromatic rings. The van der Waals surface area contributed by atoms with Crippen LogP contribution in [0.5, 0.6) is 11.5 Å². The summed E-state index contributed by atoms with van der Waals surface area (Å²) in [6.45, 7) is 5.58. The minimum absolute atomic E-state index is 0.571. The third-order valence-corrected chi connectivity index (χ3v) is 5.59. The standard InChI is InChI=1S/C18H16BrN3O3S/c1-2-5-22-17(14-4-3-6-23-14)20-21-18(22)26-11-12-9-15-16(10-13(12)19)25-8-7-24-15/h2-4,6,9-10H,1,5,7-8,11H2. The lowest BCUT2D eigenvalue weighted by Crippen LogP contribution is -2.15. The first-order valence-electron chi connectivity index (χ1n) is 8.05. The molecule has 0 saturated carbocycles. The molecule has 0 N–H and O–H groups in total. The molecule has 0 aliphatic carbocycles.